The molecule has 0 saturated carbocycles. The Hall–Kier alpha value is -3.14. The van der Waals surface area contributed by atoms with Crippen LogP contribution in [0, 0.1) is 0 Å². The number of carbonyl (C=O) groups is 2. The molecule has 178 valence electrons. The van der Waals surface area contributed by atoms with Gasteiger partial charge in [-0.25, -0.2) is 0 Å². The lowest BCUT2D eigenvalue weighted by Crippen LogP contribution is -2.29. The van der Waals surface area contributed by atoms with Gasteiger partial charge in [0.15, 0.2) is 6.23 Å². The van der Waals surface area contributed by atoms with Crippen molar-refractivity contribution >= 4 is 23.2 Å². The Morgan fingerprint density at radius 3 is 2.61 bits per heavy atom. The molecular formula is C24H32N4O5. The number of anilines is 2. The first-order chi connectivity index (χ1) is 16.0. The van der Waals surface area contributed by atoms with Gasteiger partial charge < -0.3 is 36.2 Å². The SMILES string of the molecule is NC(=O)c1cc(N2CCCCC2)ccc1NC(O)c1cccc(C(=O)NCCOCCO)c1. The minimum atomic E-state index is -1.15. The molecule has 6 N–H and O–H groups in total. The zero-order chi connectivity index (χ0) is 23.6. The number of hydrogen-bond donors (Lipinski definition) is 5. The van der Waals surface area contributed by atoms with Gasteiger partial charge in [-0.2, -0.15) is 0 Å². The molecular weight excluding hydrogens is 424 g/mol. The second-order valence-corrected chi connectivity index (χ2v) is 7.91. The van der Waals surface area contributed by atoms with Crippen LogP contribution in [0.15, 0.2) is 42.5 Å². The van der Waals surface area contributed by atoms with Gasteiger partial charge in [-0.15, -0.1) is 0 Å². The molecule has 9 nitrogen and oxygen atoms in total. The zero-order valence-corrected chi connectivity index (χ0v) is 18.6. The third-order valence-corrected chi connectivity index (χ3v) is 5.51. The average molecular weight is 457 g/mol. The van der Waals surface area contributed by atoms with Crippen molar-refractivity contribution in [2.45, 2.75) is 25.5 Å². The van der Waals surface area contributed by atoms with Crippen molar-refractivity contribution in [3.63, 3.8) is 0 Å². The van der Waals surface area contributed by atoms with Gasteiger partial charge in [0, 0.05) is 42.1 Å². The lowest BCUT2D eigenvalue weighted by Gasteiger charge is -2.29. The lowest BCUT2D eigenvalue weighted by molar-refractivity contribution is 0.0837. The predicted octanol–water partition coefficient (Wildman–Crippen LogP) is 1.62. The van der Waals surface area contributed by atoms with E-state index in [1.54, 1.807) is 36.4 Å². The van der Waals surface area contributed by atoms with E-state index in [0.29, 0.717) is 35.5 Å². The number of nitrogens with two attached hydrogens (primary N) is 1. The van der Waals surface area contributed by atoms with Crippen LogP contribution < -0.4 is 21.3 Å². The highest BCUT2D eigenvalue weighted by Crippen LogP contribution is 2.28. The molecule has 1 aliphatic rings. The maximum Gasteiger partial charge on any atom is 0.251 e. The van der Waals surface area contributed by atoms with Crippen molar-refractivity contribution in [1.29, 1.82) is 0 Å². The number of nitrogens with zero attached hydrogens (tertiary/aromatic N) is 1. The number of primary amides is 1. The van der Waals surface area contributed by atoms with Crippen LogP contribution in [0.4, 0.5) is 11.4 Å². The molecule has 0 spiro atoms. The molecule has 3 rings (SSSR count). The lowest BCUT2D eigenvalue weighted by atomic mass is 10.1. The van der Waals surface area contributed by atoms with Crippen LogP contribution in [0.5, 0.6) is 0 Å². The van der Waals surface area contributed by atoms with Crippen LogP contribution in [0.25, 0.3) is 0 Å². The maximum absolute atomic E-state index is 12.4. The number of aliphatic hydroxyl groups is 2. The van der Waals surface area contributed by atoms with Crippen LogP contribution in [0.1, 0.15) is 51.8 Å². The molecule has 2 aromatic rings. The highest BCUT2D eigenvalue weighted by Gasteiger charge is 2.18. The minimum absolute atomic E-state index is 0.0701. The Bertz CT molecular complexity index is 946. The number of amides is 2. The largest absolute Gasteiger partial charge is 0.394 e. The zero-order valence-electron chi connectivity index (χ0n) is 18.6. The molecule has 1 fully saturated rings. The van der Waals surface area contributed by atoms with Crippen LogP contribution in [-0.4, -0.2) is 61.5 Å². The van der Waals surface area contributed by atoms with Gasteiger partial charge in [0.1, 0.15) is 0 Å². The van der Waals surface area contributed by atoms with E-state index in [1.165, 1.54) is 6.42 Å². The van der Waals surface area contributed by atoms with E-state index in [2.05, 4.69) is 15.5 Å². The molecule has 0 bridgehead atoms. The van der Waals surface area contributed by atoms with E-state index in [0.717, 1.165) is 31.6 Å². The van der Waals surface area contributed by atoms with E-state index >= 15 is 0 Å². The van der Waals surface area contributed by atoms with Gasteiger partial charge in [0.25, 0.3) is 11.8 Å². The van der Waals surface area contributed by atoms with Crippen molar-refractivity contribution in [3.8, 4) is 0 Å². The van der Waals surface area contributed by atoms with Crippen LogP contribution in [0.2, 0.25) is 0 Å². The van der Waals surface area contributed by atoms with Crippen molar-refractivity contribution in [2.75, 3.05) is 49.7 Å². The van der Waals surface area contributed by atoms with Gasteiger partial charge in [-0.05, 0) is 49.6 Å². The van der Waals surface area contributed by atoms with Crippen LogP contribution >= 0.6 is 0 Å². The Morgan fingerprint density at radius 1 is 1.09 bits per heavy atom. The van der Waals surface area contributed by atoms with E-state index in [-0.39, 0.29) is 19.1 Å². The standard InChI is InChI=1S/C24H32N4O5/c25-22(30)20-16-19(28-10-2-1-3-11-28)7-8-21(20)27-24(32)18-6-4-5-17(15-18)23(31)26-9-13-33-14-12-29/h4-8,15-16,24,27,29,32H,1-3,9-14H2,(H2,25,30)(H,26,31). The van der Waals surface area contributed by atoms with Gasteiger partial charge >= 0.3 is 0 Å². The molecule has 0 radical (unpaired) electrons. The molecule has 1 atom stereocenters. The van der Waals surface area contributed by atoms with E-state index < -0.39 is 12.1 Å². The summed E-state index contributed by atoms with van der Waals surface area (Å²) in [6.45, 7) is 2.62. The number of carbonyl (C=O) groups excluding carboxylic acids is 2. The highest BCUT2D eigenvalue weighted by atomic mass is 16.5. The molecule has 0 aromatic heterocycles. The molecule has 2 aromatic carbocycles. The topological polar surface area (TPSA) is 137 Å². The van der Waals surface area contributed by atoms with Crippen molar-refractivity contribution in [3.05, 3.63) is 59.2 Å². The quantitative estimate of drug-likeness (QED) is 0.256. The number of ether oxygens (including phenoxy) is 1. The number of aliphatic hydroxyl groups excluding tert-OH is 2. The fourth-order valence-corrected chi connectivity index (χ4v) is 3.80. The molecule has 1 saturated heterocycles. The summed E-state index contributed by atoms with van der Waals surface area (Å²) in [5, 5.41) is 25.1. The van der Waals surface area contributed by atoms with Gasteiger partial charge in [-0.1, -0.05) is 12.1 Å². The summed E-state index contributed by atoms with van der Waals surface area (Å²) >= 11 is 0. The molecule has 1 heterocycles. The second-order valence-electron chi connectivity index (χ2n) is 7.91. The summed E-state index contributed by atoms with van der Waals surface area (Å²) in [5.41, 5.74) is 8.12. The normalized spacial score (nSPS) is 14.5. The van der Waals surface area contributed by atoms with Crippen molar-refractivity contribution < 1.29 is 24.5 Å². The van der Waals surface area contributed by atoms with Crippen molar-refractivity contribution in [2.24, 2.45) is 5.73 Å². The predicted molar refractivity (Wildman–Crippen MR) is 126 cm³/mol. The first kappa shape index (κ1) is 24.5. The minimum Gasteiger partial charge on any atom is -0.394 e. The number of hydrogen-bond acceptors (Lipinski definition) is 7. The average Bonchev–Trinajstić information content (AvgIpc) is 2.84. The van der Waals surface area contributed by atoms with Crippen LogP contribution in [-0.2, 0) is 4.74 Å². The molecule has 1 unspecified atom stereocenters. The third kappa shape index (κ3) is 6.92. The summed E-state index contributed by atoms with van der Waals surface area (Å²) in [5.74, 6) is -0.888. The summed E-state index contributed by atoms with van der Waals surface area (Å²) in [6.07, 6.45) is 2.29. The van der Waals surface area contributed by atoms with E-state index in [1.807, 2.05) is 6.07 Å². The monoisotopic (exact) mass is 456 g/mol. The summed E-state index contributed by atoms with van der Waals surface area (Å²) in [6, 6.07) is 12.0. The summed E-state index contributed by atoms with van der Waals surface area (Å²) < 4.78 is 5.12. The maximum atomic E-state index is 12.4. The number of piperidine rings is 1. The number of nitrogens with one attached hydrogen (secondary N) is 2. The Labute approximate surface area is 193 Å². The first-order valence-corrected chi connectivity index (χ1v) is 11.2. The highest BCUT2D eigenvalue weighted by molar-refractivity contribution is 5.99. The first-order valence-electron chi connectivity index (χ1n) is 11.2. The number of rotatable bonds is 11. The molecule has 9 heteroatoms. The van der Waals surface area contributed by atoms with Crippen molar-refractivity contribution in [1.82, 2.24) is 5.32 Å². The molecule has 1 aliphatic heterocycles. The van der Waals surface area contributed by atoms with E-state index in [4.69, 9.17) is 15.6 Å². The fraction of sp³-hybridized carbons (Fsp3) is 0.417. The number of benzene rings is 2. The Balaban J connectivity index is 1.68. The summed E-state index contributed by atoms with van der Waals surface area (Å²) in [7, 11) is 0. The Morgan fingerprint density at radius 2 is 1.88 bits per heavy atom. The third-order valence-electron chi connectivity index (χ3n) is 5.51. The molecule has 33 heavy (non-hydrogen) atoms. The Kier molecular flexibility index (Phi) is 9.05. The van der Waals surface area contributed by atoms with E-state index in [9.17, 15) is 14.7 Å². The van der Waals surface area contributed by atoms with Crippen LogP contribution in [0.3, 0.4) is 0 Å². The molecule has 0 aliphatic carbocycles. The second kappa shape index (κ2) is 12.2. The smallest absolute Gasteiger partial charge is 0.251 e. The van der Waals surface area contributed by atoms with Gasteiger partial charge in [-0.3, -0.25) is 9.59 Å². The summed E-state index contributed by atoms with van der Waals surface area (Å²) in [4.78, 5) is 26.7. The van der Waals surface area contributed by atoms with Gasteiger partial charge in [0.05, 0.1) is 25.4 Å². The van der Waals surface area contributed by atoms with Gasteiger partial charge in [0.2, 0.25) is 0 Å². The molecule has 2 amide bonds. The fourth-order valence-electron chi connectivity index (χ4n) is 3.80.